The number of piperidine rings is 1. The van der Waals surface area contributed by atoms with Crippen LogP contribution < -0.4 is 10.1 Å². The van der Waals surface area contributed by atoms with Gasteiger partial charge < -0.3 is 14.8 Å². The van der Waals surface area contributed by atoms with Gasteiger partial charge in [-0.25, -0.2) is 4.98 Å². The molecule has 3 heterocycles. The second-order valence-corrected chi connectivity index (χ2v) is 10.1. The normalized spacial score (nSPS) is 21.5. The number of halogens is 1. The molecule has 4 rings (SSSR count). The van der Waals surface area contributed by atoms with Crippen LogP contribution in [0.1, 0.15) is 24.6 Å². The predicted molar refractivity (Wildman–Crippen MR) is 130 cm³/mol. The Kier molecular flexibility index (Phi) is 7.38. The molecule has 1 N–H and O–H groups in total. The number of aromatic nitrogens is 1. The van der Waals surface area contributed by atoms with Crippen LogP contribution in [0.2, 0.25) is 5.02 Å². The second kappa shape index (κ2) is 10.3. The molecule has 1 amide bonds. The van der Waals surface area contributed by atoms with E-state index in [0.29, 0.717) is 28.1 Å². The molecule has 1 saturated heterocycles. The number of hydrogen-bond acceptors (Lipinski definition) is 7. The number of ketones is 1. The Bertz CT molecular complexity index is 1120. The van der Waals surface area contributed by atoms with E-state index in [1.165, 1.54) is 23.1 Å². The molecule has 6 nitrogen and oxygen atoms in total. The first-order valence-electron chi connectivity index (χ1n) is 10.3. The number of carbonyl (C=O) groups is 2. The van der Waals surface area contributed by atoms with Gasteiger partial charge >= 0.3 is 0 Å². The number of ether oxygens (including phenoxy) is 2. The first-order chi connectivity index (χ1) is 15.9. The number of methoxy groups -OCH3 is 1. The zero-order chi connectivity index (χ0) is 23.4. The summed E-state index contributed by atoms with van der Waals surface area (Å²) in [6, 6.07) is 14.5. The Morgan fingerprint density at radius 1 is 1.24 bits per heavy atom. The third-order valence-corrected chi connectivity index (χ3v) is 7.73. The zero-order valence-corrected chi connectivity index (χ0v) is 20.5. The lowest BCUT2D eigenvalue weighted by Crippen LogP contribution is -2.58. The number of Topliss-reactive ketones (excluding diaryl/α,β-unsaturated/α-hetero) is 1. The van der Waals surface area contributed by atoms with Crippen LogP contribution in [0.3, 0.4) is 0 Å². The lowest BCUT2D eigenvalue weighted by atomic mass is 9.79. The molecular formula is C24H23ClN2O4S2. The Hall–Kier alpha value is -2.39. The van der Waals surface area contributed by atoms with Crippen molar-refractivity contribution in [3.8, 4) is 5.88 Å². The van der Waals surface area contributed by atoms with E-state index in [2.05, 4.69) is 10.3 Å². The SMILES string of the molecule is COCC(C)Oc1cccc(C2(c3ccsc3)CC(=O)C(Sc3ccccc3Cl)C(=O)N2)n1. The van der Waals surface area contributed by atoms with Crippen LogP contribution in [-0.4, -0.2) is 41.7 Å². The molecule has 1 fully saturated rings. The van der Waals surface area contributed by atoms with Crippen LogP contribution in [0.5, 0.6) is 5.88 Å². The Morgan fingerprint density at radius 3 is 2.76 bits per heavy atom. The average molecular weight is 503 g/mol. The van der Waals surface area contributed by atoms with Gasteiger partial charge in [0.15, 0.2) is 5.78 Å². The third kappa shape index (κ3) is 5.09. The zero-order valence-electron chi connectivity index (χ0n) is 18.1. The van der Waals surface area contributed by atoms with E-state index in [1.807, 2.05) is 41.9 Å². The molecule has 0 radical (unpaired) electrons. The first-order valence-corrected chi connectivity index (χ1v) is 12.5. The number of nitrogens with one attached hydrogen (secondary N) is 1. The maximum atomic E-state index is 13.4. The number of benzene rings is 1. The van der Waals surface area contributed by atoms with Crippen molar-refractivity contribution in [2.45, 2.75) is 35.1 Å². The molecule has 33 heavy (non-hydrogen) atoms. The van der Waals surface area contributed by atoms with Gasteiger partial charge in [-0.1, -0.05) is 29.8 Å². The summed E-state index contributed by atoms with van der Waals surface area (Å²) in [7, 11) is 1.61. The summed E-state index contributed by atoms with van der Waals surface area (Å²) in [5.41, 5.74) is 0.283. The molecule has 1 aliphatic heterocycles. The highest BCUT2D eigenvalue weighted by Gasteiger charge is 2.48. The maximum absolute atomic E-state index is 13.4. The van der Waals surface area contributed by atoms with Gasteiger partial charge in [-0.05, 0) is 47.5 Å². The quantitative estimate of drug-likeness (QED) is 0.450. The largest absolute Gasteiger partial charge is 0.472 e. The number of pyridine rings is 1. The fourth-order valence-corrected chi connectivity index (χ4v) is 5.76. The number of amides is 1. The van der Waals surface area contributed by atoms with Crippen molar-refractivity contribution in [3.63, 3.8) is 0 Å². The molecule has 3 unspecified atom stereocenters. The van der Waals surface area contributed by atoms with Gasteiger partial charge in [0.2, 0.25) is 11.8 Å². The van der Waals surface area contributed by atoms with Gasteiger partial charge in [0.05, 0.1) is 17.3 Å². The van der Waals surface area contributed by atoms with Gasteiger partial charge in [0, 0.05) is 24.5 Å². The van der Waals surface area contributed by atoms with Crippen molar-refractivity contribution >= 4 is 46.4 Å². The number of hydrogen-bond donors (Lipinski definition) is 1. The maximum Gasteiger partial charge on any atom is 0.242 e. The van der Waals surface area contributed by atoms with Gasteiger partial charge in [-0.15, -0.1) is 11.8 Å². The Labute approximate surface area is 205 Å². The van der Waals surface area contributed by atoms with Crippen LogP contribution in [0.15, 0.2) is 64.2 Å². The minimum atomic E-state index is -1.07. The van der Waals surface area contributed by atoms with Crippen molar-refractivity contribution < 1.29 is 19.1 Å². The van der Waals surface area contributed by atoms with Crippen molar-refractivity contribution in [1.82, 2.24) is 10.3 Å². The van der Waals surface area contributed by atoms with E-state index >= 15 is 0 Å². The fraction of sp³-hybridized carbons (Fsp3) is 0.292. The molecule has 9 heteroatoms. The molecule has 3 atom stereocenters. The van der Waals surface area contributed by atoms with Gasteiger partial charge in [0.25, 0.3) is 0 Å². The standard InChI is InChI=1S/C24H23ClN2O4S2/c1-15(13-30-2)31-21-9-5-8-20(26-21)24(16-10-11-32-14-16)12-18(28)22(23(29)27-24)33-19-7-4-3-6-17(19)25/h3-11,14-15,22H,12-13H2,1-2H3,(H,27,29). The Morgan fingerprint density at radius 2 is 2.06 bits per heavy atom. The molecule has 0 bridgehead atoms. The monoisotopic (exact) mass is 502 g/mol. The van der Waals surface area contributed by atoms with E-state index in [1.54, 1.807) is 31.4 Å². The third-order valence-electron chi connectivity index (χ3n) is 5.29. The smallest absolute Gasteiger partial charge is 0.242 e. The summed E-state index contributed by atoms with van der Waals surface area (Å²) in [5, 5.41) is 6.58. The summed E-state index contributed by atoms with van der Waals surface area (Å²) in [6.07, 6.45) is -0.129. The molecular weight excluding hydrogens is 480 g/mol. The molecule has 2 aromatic heterocycles. The molecule has 1 aromatic carbocycles. The lowest BCUT2D eigenvalue weighted by molar-refractivity contribution is -0.133. The van der Waals surface area contributed by atoms with Crippen molar-refractivity contribution in [3.05, 3.63) is 75.6 Å². The van der Waals surface area contributed by atoms with Crippen molar-refractivity contribution in [2.24, 2.45) is 0 Å². The van der Waals surface area contributed by atoms with E-state index in [0.717, 1.165) is 5.56 Å². The van der Waals surface area contributed by atoms with Crippen LogP contribution in [-0.2, 0) is 19.9 Å². The molecule has 0 saturated carbocycles. The van der Waals surface area contributed by atoms with Gasteiger partial charge in [-0.2, -0.15) is 11.3 Å². The molecule has 172 valence electrons. The highest BCUT2D eigenvalue weighted by Crippen LogP contribution is 2.41. The number of rotatable bonds is 8. The number of thioether (sulfide) groups is 1. The summed E-state index contributed by atoms with van der Waals surface area (Å²) in [4.78, 5) is 32.0. The van der Waals surface area contributed by atoms with E-state index in [4.69, 9.17) is 21.1 Å². The van der Waals surface area contributed by atoms with Crippen molar-refractivity contribution in [1.29, 1.82) is 0 Å². The minimum absolute atomic E-state index is 0.0711. The van der Waals surface area contributed by atoms with Crippen LogP contribution in [0.4, 0.5) is 0 Å². The van der Waals surface area contributed by atoms with E-state index < -0.39 is 10.8 Å². The number of thiophene rings is 1. The van der Waals surface area contributed by atoms with Crippen molar-refractivity contribution in [2.75, 3.05) is 13.7 Å². The summed E-state index contributed by atoms with van der Waals surface area (Å²) >= 11 is 8.92. The molecule has 1 aliphatic rings. The van der Waals surface area contributed by atoms with Gasteiger partial charge in [-0.3, -0.25) is 9.59 Å². The first kappa shape index (κ1) is 23.8. The predicted octanol–water partition coefficient (Wildman–Crippen LogP) is 4.70. The average Bonchev–Trinajstić information content (AvgIpc) is 3.33. The molecule has 3 aromatic rings. The highest BCUT2D eigenvalue weighted by molar-refractivity contribution is 8.01. The van der Waals surface area contributed by atoms with Gasteiger partial charge in [0.1, 0.15) is 16.9 Å². The Balaban J connectivity index is 1.67. The van der Waals surface area contributed by atoms with E-state index in [9.17, 15) is 9.59 Å². The number of carbonyl (C=O) groups excluding carboxylic acids is 2. The number of nitrogens with zero attached hydrogens (tertiary/aromatic N) is 1. The topological polar surface area (TPSA) is 77.5 Å². The van der Waals surface area contributed by atoms with E-state index in [-0.39, 0.29) is 24.2 Å². The second-order valence-electron chi connectivity index (χ2n) is 7.72. The minimum Gasteiger partial charge on any atom is -0.472 e. The summed E-state index contributed by atoms with van der Waals surface area (Å²) in [6.45, 7) is 2.30. The summed E-state index contributed by atoms with van der Waals surface area (Å²) in [5.74, 6) is -0.153. The molecule has 0 aliphatic carbocycles. The lowest BCUT2D eigenvalue weighted by Gasteiger charge is -2.39. The van der Waals surface area contributed by atoms with Crippen LogP contribution >= 0.6 is 34.7 Å². The fourth-order valence-electron chi connectivity index (χ4n) is 3.78. The molecule has 0 spiro atoms. The highest BCUT2D eigenvalue weighted by atomic mass is 35.5. The summed E-state index contributed by atoms with van der Waals surface area (Å²) < 4.78 is 11.0. The van der Waals surface area contributed by atoms with Crippen LogP contribution in [0, 0.1) is 0 Å². The van der Waals surface area contributed by atoms with Crippen LogP contribution in [0.25, 0.3) is 0 Å².